The largest absolute Gasteiger partial charge is 0.358 e. The molecule has 0 amide bonds. The minimum atomic E-state index is 0.517. The molecule has 0 radical (unpaired) electrons. The fourth-order valence-corrected chi connectivity index (χ4v) is 4.56. The summed E-state index contributed by atoms with van der Waals surface area (Å²) in [6, 6.07) is 0.704. The number of likely N-dealkylation sites (tertiary alicyclic amines) is 1. The normalized spacial score (nSPS) is 22.3. The van der Waals surface area contributed by atoms with Crippen LogP contribution < -0.4 is 4.90 Å². The van der Waals surface area contributed by atoms with E-state index in [1.807, 2.05) is 17.9 Å². The number of rotatable bonds is 5. The Balaban J connectivity index is 1.57. The Kier molecular flexibility index (Phi) is 5.11. The van der Waals surface area contributed by atoms with E-state index < -0.39 is 0 Å². The van der Waals surface area contributed by atoms with Crippen molar-refractivity contribution in [3.8, 4) is 0 Å². The highest BCUT2D eigenvalue weighted by atomic mass is 15.3. The highest BCUT2D eigenvalue weighted by Gasteiger charge is 2.24. The molecule has 1 atom stereocenters. The molecule has 26 heavy (non-hydrogen) atoms. The summed E-state index contributed by atoms with van der Waals surface area (Å²) in [6.07, 6.45) is 11.0. The number of anilines is 1. The van der Waals surface area contributed by atoms with Crippen LogP contribution in [-0.2, 0) is 7.05 Å². The van der Waals surface area contributed by atoms with E-state index in [9.17, 15) is 0 Å². The summed E-state index contributed by atoms with van der Waals surface area (Å²) in [5, 5.41) is 5.52. The third kappa shape index (κ3) is 3.43. The Labute approximate surface area is 156 Å². The predicted molar refractivity (Wildman–Crippen MR) is 106 cm³/mol. The van der Waals surface area contributed by atoms with E-state index in [1.165, 1.54) is 51.5 Å². The summed E-state index contributed by atoms with van der Waals surface area (Å²) in [7, 11) is 4.15. The average Bonchev–Trinajstić information content (AvgIpc) is 3.30. The minimum absolute atomic E-state index is 0.517. The number of hydrogen-bond donors (Lipinski definition) is 0. The highest BCUT2D eigenvalue weighted by molar-refractivity contribution is 5.86. The maximum atomic E-state index is 5.02. The molecule has 0 unspecified atom stereocenters. The molecule has 6 nitrogen and oxygen atoms in total. The van der Waals surface area contributed by atoms with Gasteiger partial charge in [0.2, 0.25) is 0 Å². The first-order valence-electron chi connectivity index (χ1n) is 10.3. The van der Waals surface area contributed by atoms with Gasteiger partial charge in [-0.15, -0.1) is 0 Å². The smallest absolute Gasteiger partial charge is 0.163 e. The van der Waals surface area contributed by atoms with Crippen LogP contribution in [0.2, 0.25) is 0 Å². The van der Waals surface area contributed by atoms with Crippen molar-refractivity contribution in [2.45, 2.75) is 63.8 Å². The second-order valence-corrected chi connectivity index (χ2v) is 8.19. The lowest BCUT2D eigenvalue weighted by atomic mass is 10.0. The van der Waals surface area contributed by atoms with Crippen molar-refractivity contribution < 1.29 is 0 Å². The number of fused-ring (bicyclic) bond motifs is 1. The van der Waals surface area contributed by atoms with Crippen LogP contribution in [0.5, 0.6) is 0 Å². The molecule has 1 saturated carbocycles. The van der Waals surface area contributed by atoms with Gasteiger partial charge in [0.1, 0.15) is 11.6 Å². The van der Waals surface area contributed by atoms with Crippen LogP contribution in [0.4, 0.5) is 5.82 Å². The van der Waals surface area contributed by atoms with Crippen LogP contribution in [0.3, 0.4) is 0 Å². The van der Waals surface area contributed by atoms with E-state index in [4.69, 9.17) is 9.97 Å². The first-order valence-corrected chi connectivity index (χ1v) is 10.3. The lowest BCUT2D eigenvalue weighted by Gasteiger charge is -2.34. The molecular weight excluding hydrogens is 324 g/mol. The summed E-state index contributed by atoms with van der Waals surface area (Å²) in [5.74, 6) is 2.59. The van der Waals surface area contributed by atoms with Crippen molar-refractivity contribution in [1.29, 1.82) is 0 Å². The SMILES string of the molecule is C[C@@H]1CCCCN1CCN(C)c1nc(C2CCCC2)nc2c1cnn2C. The van der Waals surface area contributed by atoms with Gasteiger partial charge in [-0.3, -0.25) is 9.58 Å². The maximum Gasteiger partial charge on any atom is 0.163 e. The van der Waals surface area contributed by atoms with Crippen LogP contribution in [0.15, 0.2) is 6.20 Å². The lowest BCUT2D eigenvalue weighted by molar-refractivity contribution is 0.165. The fourth-order valence-electron chi connectivity index (χ4n) is 4.56. The van der Waals surface area contributed by atoms with Crippen molar-refractivity contribution in [2.24, 2.45) is 7.05 Å². The van der Waals surface area contributed by atoms with Crippen molar-refractivity contribution in [3.63, 3.8) is 0 Å². The summed E-state index contributed by atoms with van der Waals surface area (Å²) in [4.78, 5) is 14.8. The summed E-state index contributed by atoms with van der Waals surface area (Å²) < 4.78 is 1.89. The first-order chi connectivity index (χ1) is 12.6. The average molecular weight is 357 g/mol. The van der Waals surface area contributed by atoms with Gasteiger partial charge in [0.15, 0.2) is 5.65 Å². The molecule has 1 saturated heterocycles. The molecule has 142 valence electrons. The standard InChI is InChI=1S/C20H32N6/c1-15-8-6-7-11-26(15)13-12-24(2)19-17-14-21-25(3)20(17)23-18(22-19)16-9-4-5-10-16/h14-16H,4-13H2,1-3H3/t15-/m1/s1. The van der Waals surface area contributed by atoms with Crippen LogP contribution in [0.25, 0.3) is 11.0 Å². The van der Waals surface area contributed by atoms with E-state index in [1.54, 1.807) is 0 Å². The second kappa shape index (κ2) is 7.51. The van der Waals surface area contributed by atoms with Gasteiger partial charge in [0.05, 0.1) is 11.6 Å². The molecule has 0 bridgehead atoms. The van der Waals surface area contributed by atoms with Gasteiger partial charge >= 0.3 is 0 Å². The van der Waals surface area contributed by atoms with Crippen molar-refractivity contribution in [3.05, 3.63) is 12.0 Å². The third-order valence-electron chi connectivity index (χ3n) is 6.33. The molecule has 1 aliphatic carbocycles. The summed E-state index contributed by atoms with van der Waals surface area (Å²) >= 11 is 0. The van der Waals surface area contributed by atoms with Gasteiger partial charge in [0.25, 0.3) is 0 Å². The van der Waals surface area contributed by atoms with Gasteiger partial charge in [-0.05, 0) is 39.2 Å². The molecule has 2 aliphatic rings. The number of nitrogens with zero attached hydrogens (tertiary/aromatic N) is 6. The predicted octanol–water partition coefficient (Wildman–Crippen LogP) is 3.33. The molecule has 2 aromatic heterocycles. The van der Waals surface area contributed by atoms with E-state index in [0.29, 0.717) is 12.0 Å². The Morgan fingerprint density at radius 2 is 1.88 bits per heavy atom. The lowest BCUT2D eigenvalue weighted by Crippen LogP contribution is -2.42. The Morgan fingerprint density at radius 3 is 2.65 bits per heavy atom. The van der Waals surface area contributed by atoms with Gasteiger partial charge in [-0.2, -0.15) is 5.10 Å². The molecule has 6 heteroatoms. The number of piperidine rings is 1. The van der Waals surface area contributed by atoms with E-state index in [0.717, 1.165) is 35.8 Å². The molecule has 4 rings (SSSR count). The van der Waals surface area contributed by atoms with Gasteiger partial charge in [-0.1, -0.05) is 19.3 Å². The molecule has 0 spiro atoms. The zero-order valence-electron chi connectivity index (χ0n) is 16.5. The molecule has 2 fully saturated rings. The summed E-state index contributed by atoms with van der Waals surface area (Å²) in [6.45, 7) is 5.69. The van der Waals surface area contributed by atoms with E-state index >= 15 is 0 Å². The molecule has 1 aliphatic heterocycles. The topological polar surface area (TPSA) is 50.1 Å². The Morgan fingerprint density at radius 1 is 1.12 bits per heavy atom. The van der Waals surface area contributed by atoms with Gasteiger partial charge < -0.3 is 4.90 Å². The number of likely N-dealkylation sites (N-methyl/N-ethyl adjacent to an activating group) is 1. The second-order valence-electron chi connectivity index (χ2n) is 8.19. The zero-order chi connectivity index (χ0) is 18.1. The zero-order valence-corrected chi connectivity index (χ0v) is 16.5. The van der Waals surface area contributed by atoms with Crippen LogP contribution in [0, 0.1) is 0 Å². The number of aryl methyl sites for hydroxylation is 1. The third-order valence-corrected chi connectivity index (χ3v) is 6.33. The van der Waals surface area contributed by atoms with Crippen molar-refractivity contribution >= 4 is 16.9 Å². The monoisotopic (exact) mass is 356 g/mol. The molecular formula is C20H32N6. The van der Waals surface area contributed by atoms with Crippen LogP contribution in [-0.4, -0.2) is 57.4 Å². The number of hydrogen-bond acceptors (Lipinski definition) is 5. The number of aromatic nitrogens is 4. The molecule has 3 heterocycles. The Bertz CT molecular complexity index is 748. The molecule has 0 N–H and O–H groups in total. The quantitative estimate of drug-likeness (QED) is 0.822. The molecule has 2 aromatic rings. The maximum absolute atomic E-state index is 5.02. The minimum Gasteiger partial charge on any atom is -0.358 e. The van der Waals surface area contributed by atoms with Gasteiger partial charge in [-0.25, -0.2) is 9.97 Å². The summed E-state index contributed by atoms with van der Waals surface area (Å²) in [5.41, 5.74) is 0.968. The van der Waals surface area contributed by atoms with Crippen molar-refractivity contribution in [1.82, 2.24) is 24.6 Å². The Hall–Kier alpha value is -1.69. The van der Waals surface area contributed by atoms with Crippen molar-refractivity contribution in [2.75, 3.05) is 31.6 Å². The van der Waals surface area contributed by atoms with Gasteiger partial charge in [0, 0.05) is 39.1 Å². The molecule has 0 aromatic carbocycles. The van der Waals surface area contributed by atoms with Crippen LogP contribution in [0.1, 0.15) is 63.6 Å². The van der Waals surface area contributed by atoms with E-state index in [-0.39, 0.29) is 0 Å². The highest BCUT2D eigenvalue weighted by Crippen LogP contribution is 2.34. The van der Waals surface area contributed by atoms with E-state index in [2.05, 4.69) is 28.9 Å². The first kappa shape index (κ1) is 17.7. The fraction of sp³-hybridized carbons (Fsp3) is 0.750. The van der Waals surface area contributed by atoms with Crippen LogP contribution >= 0.6 is 0 Å².